The lowest BCUT2D eigenvalue weighted by Gasteiger charge is -2.10. The Bertz CT molecular complexity index is 918. The molecule has 130 valence electrons. The predicted molar refractivity (Wildman–Crippen MR) is 102 cm³/mol. The largest absolute Gasteiger partial charge is 0.461 e. The van der Waals surface area contributed by atoms with Gasteiger partial charge in [-0.1, -0.05) is 32.0 Å². The average molecular weight is 355 g/mol. The van der Waals surface area contributed by atoms with E-state index in [1.54, 1.807) is 0 Å². The molecular weight excluding hydrogens is 334 g/mol. The van der Waals surface area contributed by atoms with Crippen LogP contribution in [0.15, 0.2) is 30.6 Å². The summed E-state index contributed by atoms with van der Waals surface area (Å²) in [4.78, 5) is 22.5. The molecule has 0 aliphatic carbocycles. The first-order valence-electron chi connectivity index (χ1n) is 8.21. The molecule has 0 aliphatic rings. The van der Waals surface area contributed by atoms with Crippen molar-refractivity contribution in [2.75, 3.05) is 11.9 Å². The highest BCUT2D eigenvalue weighted by molar-refractivity contribution is 7.20. The second kappa shape index (κ2) is 7.19. The van der Waals surface area contributed by atoms with Crippen LogP contribution in [0.2, 0.25) is 0 Å². The minimum absolute atomic E-state index is 0.295. The molecular formula is C19H21N3O2S. The van der Waals surface area contributed by atoms with E-state index in [0.717, 1.165) is 27.0 Å². The summed E-state index contributed by atoms with van der Waals surface area (Å²) in [6, 6.07) is 8.01. The monoisotopic (exact) mass is 355 g/mol. The van der Waals surface area contributed by atoms with Crippen LogP contribution in [0.1, 0.15) is 34.6 Å². The number of ether oxygens (including phenoxy) is 1. The van der Waals surface area contributed by atoms with Crippen molar-refractivity contribution < 1.29 is 9.53 Å². The SMILES string of the molecule is Cc1ccccc1Nc1ncnc2sc(C(=O)OCC(C)C)c(C)c12. The number of carbonyl (C=O) groups excluding carboxylic acids is 1. The highest BCUT2D eigenvalue weighted by Crippen LogP contribution is 2.35. The molecule has 0 amide bonds. The Morgan fingerprint density at radius 3 is 2.72 bits per heavy atom. The Labute approximate surface area is 151 Å². The molecule has 0 aliphatic heterocycles. The van der Waals surface area contributed by atoms with Crippen molar-refractivity contribution in [1.29, 1.82) is 0 Å². The number of esters is 1. The molecule has 0 unspecified atom stereocenters. The van der Waals surface area contributed by atoms with Crippen LogP contribution >= 0.6 is 11.3 Å². The lowest BCUT2D eigenvalue weighted by Crippen LogP contribution is -2.09. The predicted octanol–water partition coefficient (Wildman–Crippen LogP) is 4.86. The van der Waals surface area contributed by atoms with Gasteiger partial charge in [0, 0.05) is 5.69 Å². The summed E-state index contributed by atoms with van der Waals surface area (Å²) >= 11 is 1.35. The fourth-order valence-electron chi connectivity index (χ4n) is 2.51. The number of thiophene rings is 1. The number of nitrogens with one attached hydrogen (secondary N) is 1. The summed E-state index contributed by atoms with van der Waals surface area (Å²) in [5.74, 6) is 0.712. The normalized spacial score (nSPS) is 11.1. The number of carbonyl (C=O) groups is 1. The minimum Gasteiger partial charge on any atom is -0.461 e. The fourth-order valence-corrected chi connectivity index (χ4v) is 3.55. The highest BCUT2D eigenvalue weighted by atomic mass is 32.1. The van der Waals surface area contributed by atoms with E-state index < -0.39 is 0 Å². The number of aryl methyl sites for hydroxylation is 2. The molecule has 3 aromatic rings. The zero-order chi connectivity index (χ0) is 18.0. The van der Waals surface area contributed by atoms with Gasteiger partial charge in [0.15, 0.2) is 0 Å². The van der Waals surface area contributed by atoms with Gasteiger partial charge >= 0.3 is 5.97 Å². The number of nitrogens with zero attached hydrogens (tertiary/aromatic N) is 2. The van der Waals surface area contributed by atoms with Crippen LogP contribution in [-0.2, 0) is 4.74 Å². The van der Waals surface area contributed by atoms with E-state index in [1.165, 1.54) is 17.7 Å². The van der Waals surface area contributed by atoms with E-state index in [9.17, 15) is 4.79 Å². The zero-order valence-corrected chi connectivity index (χ0v) is 15.6. The molecule has 2 heterocycles. The molecule has 5 nitrogen and oxygen atoms in total. The van der Waals surface area contributed by atoms with Gasteiger partial charge in [-0.2, -0.15) is 0 Å². The van der Waals surface area contributed by atoms with Crippen LogP contribution in [0.5, 0.6) is 0 Å². The molecule has 6 heteroatoms. The van der Waals surface area contributed by atoms with Crippen LogP contribution in [0.4, 0.5) is 11.5 Å². The third kappa shape index (κ3) is 3.64. The minimum atomic E-state index is -0.295. The van der Waals surface area contributed by atoms with Crippen molar-refractivity contribution in [3.8, 4) is 0 Å². The van der Waals surface area contributed by atoms with Crippen molar-refractivity contribution in [1.82, 2.24) is 9.97 Å². The molecule has 1 aromatic carbocycles. The lowest BCUT2D eigenvalue weighted by molar-refractivity contribution is 0.0464. The topological polar surface area (TPSA) is 64.1 Å². The number of hydrogen-bond donors (Lipinski definition) is 1. The van der Waals surface area contributed by atoms with Gasteiger partial charge in [-0.3, -0.25) is 0 Å². The summed E-state index contributed by atoms with van der Waals surface area (Å²) in [5.41, 5.74) is 2.96. The van der Waals surface area contributed by atoms with Crippen LogP contribution in [0.25, 0.3) is 10.2 Å². The number of rotatable bonds is 5. The number of benzene rings is 1. The maximum absolute atomic E-state index is 12.4. The number of aromatic nitrogens is 2. The summed E-state index contributed by atoms with van der Waals surface area (Å²) in [6.07, 6.45) is 1.52. The van der Waals surface area contributed by atoms with Gasteiger partial charge in [0.05, 0.1) is 12.0 Å². The standard InChI is InChI=1S/C19H21N3O2S/c1-11(2)9-24-19(23)16-13(4)15-17(20-10-21-18(15)25-16)22-14-8-6-5-7-12(14)3/h5-8,10-11H,9H2,1-4H3,(H,20,21,22). The maximum Gasteiger partial charge on any atom is 0.348 e. The van der Waals surface area contributed by atoms with Gasteiger partial charge in [-0.15, -0.1) is 11.3 Å². The van der Waals surface area contributed by atoms with Gasteiger partial charge in [0.25, 0.3) is 0 Å². The molecule has 0 radical (unpaired) electrons. The summed E-state index contributed by atoms with van der Waals surface area (Å²) in [7, 11) is 0. The Morgan fingerprint density at radius 2 is 2.00 bits per heavy atom. The van der Waals surface area contributed by atoms with Gasteiger partial charge in [0.2, 0.25) is 0 Å². The van der Waals surface area contributed by atoms with E-state index in [-0.39, 0.29) is 5.97 Å². The Hall–Kier alpha value is -2.47. The van der Waals surface area contributed by atoms with E-state index in [4.69, 9.17) is 4.74 Å². The molecule has 25 heavy (non-hydrogen) atoms. The highest BCUT2D eigenvalue weighted by Gasteiger charge is 2.20. The maximum atomic E-state index is 12.4. The van der Waals surface area contributed by atoms with Crippen molar-refractivity contribution >= 4 is 39.0 Å². The number of fused-ring (bicyclic) bond motifs is 1. The van der Waals surface area contributed by atoms with Gasteiger partial charge < -0.3 is 10.1 Å². The van der Waals surface area contributed by atoms with Crippen LogP contribution in [0, 0.1) is 19.8 Å². The van der Waals surface area contributed by atoms with Gasteiger partial charge in [0.1, 0.15) is 21.9 Å². The van der Waals surface area contributed by atoms with E-state index in [1.807, 2.05) is 52.0 Å². The molecule has 0 bridgehead atoms. The molecule has 0 saturated carbocycles. The molecule has 0 fully saturated rings. The zero-order valence-electron chi connectivity index (χ0n) is 14.8. The number of anilines is 2. The van der Waals surface area contributed by atoms with E-state index >= 15 is 0 Å². The first kappa shape index (κ1) is 17.4. The summed E-state index contributed by atoms with van der Waals surface area (Å²) in [6.45, 7) is 8.39. The smallest absolute Gasteiger partial charge is 0.348 e. The molecule has 2 aromatic heterocycles. The third-order valence-electron chi connectivity index (χ3n) is 3.86. The molecule has 3 rings (SSSR count). The summed E-state index contributed by atoms with van der Waals surface area (Å²) < 4.78 is 5.38. The lowest BCUT2D eigenvalue weighted by atomic mass is 10.1. The molecule has 0 saturated heterocycles. The van der Waals surface area contributed by atoms with E-state index in [0.29, 0.717) is 23.2 Å². The Balaban J connectivity index is 1.98. The van der Waals surface area contributed by atoms with Crippen LogP contribution in [-0.4, -0.2) is 22.5 Å². The van der Waals surface area contributed by atoms with Crippen molar-refractivity contribution in [2.45, 2.75) is 27.7 Å². The molecule has 1 N–H and O–H groups in total. The summed E-state index contributed by atoms with van der Waals surface area (Å²) in [5, 5.41) is 4.23. The van der Waals surface area contributed by atoms with Crippen molar-refractivity contribution in [3.05, 3.63) is 46.6 Å². The average Bonchev–Trinajstić information content (AvgIpc) is 2.93. The molecule has 0 spiro atoms. The first-order valence-corrected chi connectivity index (χ1v) is 9.03. The quantitative estimate of drug-likeness (QED) is 0.662. The Morgan fingerprint density at radius 1 is 1.24 bits per heavy atom. The fraction of sp³-hybridized carbons (Fsp3) is 0.316. The Kier molecular flexibility index (Phi) is 4.99. The van der Waals surface area contributed by atoms with E-state index in [2.05, 4.69) is 15.3 Å². The third-order valence-corrected chi connectivity index (χ3v) is 5.04. The first-order chi connectivity index (χ1) is 12.0. The van der Waals surface area contributed by atoms with Gasteiger partial charge in [-0.25, -0.2) is 14.8 Å². The second-order valence-corrected chi connectivity index (χ2v) is 7.39. The van der Waals surface area contributed by atoms with Crippen LogP contribution < -0.4 is 5.32 Å². The van der Waals surface area contributed by atoms with Crippen LogP contribution in [0.3, 0.4) is 0 Å². The van der Waals surface area contributed by atoms with Crippen molar-refractivity contribution in [3.63, 3.8) is 0 Å². The van der Waals surface area contributed by atoms with Crippen molar-refractivity contribution in [2.24, 2.45) is 5.92 Å². The number of para-hydroxylation sites is 1. The van der Waals surface area contributed by atoms with Gasteiger partial charge in [-0.05, 0) is 37.0 Å². The molecule has 0 atom stereocenters. The number of hydrogen-bond acceptors (Lipinski definition) is 6. The second-order valence-electron chi connectivity index (χ2n) is 6.39.